The second kappa shape index (κ2) is 8.44. The van der Waals surface area contributed by atoms with Crippen LogP contribution in [0.2, 0.25) is 0 Å². The first kappa shape index (κ1) is 17.7. The van der Waals surface area contributed by atoms with Crippen LogP contribution in [0, 0.1) is 6.92 Å². The molecule has 0 aliphatic rings. The lowest BCUT2D eigenvalue weighted by Gasteiger charge is -2.20. The van der Waals surface area contributed by atoms with E-state index in [-0.39, 0.29) is 5.41 Å². The third kappa shape index (κ3) is 6.71. The van der Waals surface area contributed by atoms with Crippen molar-refractivity contribution in [2.75, 3.05) is 0 Å². The molecule has 0 bridgehead atoms. The lowest BCUT2D eigenvalue weighted by Crippen LogP contribution is -2.15. The van der Waals surface area contributed by atoms with Crippen LogP contribution in [0.15, 0.2) is 18.2 Å². The molecule has 0 N–H and O–H groups in total. The summed E-state index contributed by atoms with van der Waals surface area (Å²) >= 11 is 0. The molecule has 0 atom stereocenters. The van der Waals surface area contributed by atoms with E-state index >= 15 is 0 Å². The van der Waals surface area contributed by atoms with Gasteiger partial charge >= 0.3 is 0 Å². The number of aryl methyl sites for hydroxylation is 1. The molecular formula is C15H27B. The highest BCUT2D eigenvalue weighted by Gasteiger charge is 2.13. The molecule has 0 heterocycles. The Morgan fingerprint density at radius 2 is 1.31 bits per heavy atom. The molecule has 90 valence electrons. The molecule has 1 aromatic carbocycles. The number of benzene rings is 1. The van der Waals surface area contributed by atoms with Crippen molar-refractivity contribution in [1.29, 1.82) is 0 Å². The minimum absolute atomic E-state index is 0.195. The van der Waals surface area contributed by atoms with Gasteiger partial charge in [0.05, 0.1) is 0 Å². The molecule has 0 unspecified atom stereocenters. The van der Waals surface area contributed by atoms with Gasteiger partial charge in [-0.1, -0.05) is 77.7 Å². The van der Waals surface area contributed by atoms with Crippen LogP contribution in [0.25, 0.3) is 0 Å². The molecule has 0 amide bonds. The smallest absolute Gasteiger partial charge is 0.0961 e. The number of rotatable bonds is 0. The van der Waals surface area contributed by atoms with Crippen molar-refractivity contribution in [1.82, 2.24) is 0 Å². The van der Waals surface area contributed by atoms with E-state index in [0.29, 0.717) is 0 Å². The minimum atomic E-state index is 0.195. The van der Waals surface area contributed by atoms with Gasteiger partial charge in [-0.05, 0) is 17.9 Å². The van der Waals surface area contributed by atoms with Crippen molar-refractivity contribution in [3.05, 3.63) is 29.3 Å². The van der Waals surface area contributed by atoms with Crippen LogP contribution in [-0.2, 0) is 5.41 Å². The van der Waals surface area contributed by atoms with Gasteiger partial charge in [-0.2, -0.15) is 0 Å². The Kier molecular flexibility index (Phi) is 9.32. The monoisotopic (exact) mass is 218 g/mol. The molecule has 0 aliphatic carbocycles. The van der Waals surface area contributed by atoms with Crippen molar-refractivity contribution in [3.63, 3.8) is 0 Å². The lowest BCUT2D eigenvalue weighted by molar-refractivity contribution is 0.590. The summed E-state index contributed by atoms with van der Waals surface area (Å²) in [6.07, 6.45) is 0. The fourth-order valence-electron chi connectivity index (χ4n) is 1.25. The molecule has 0 nitrogen and oxygen atoms in total. The highest BCUT2D eigenvalue weighted by Crippen LogP contribution is 2.21. The van der Waals surface area contributed by atoms with Crippen LogP contribution in [0.4, 0.5) is 0 Å². The largest absolute Gasteiger partial charge is 0.113 e. The maximum Gasteiger partial charge on any atom is 0.113 e. The Bertz CT molecular complexity index is 262. The Morgan fingerprint density at radius 1 is 0.875 bits per heavy atom. The normalized spacial score (nSPS) is 9.50. The first-order valence-electron chi connectivity index (χ1n) is 6.27. The van der Waals surface area contributed by atoms with Gasteiger partial charge in [-0.25, -0.2) is 0 Å². The molecule has 0 fully saturated rings. The maximum atomic E-state index is 5.76. The lowest BCUT2D eigenvalue weighted by atomic mass is 9.82. The standard InChI is InChI=1S/C11H15B.2C2H6/c1-8-5-9(11(2,3)4)7-10(12)6-8;2*1-2/h5-7H,1-4H3;2*1-2H3. The quantitative estimate of drug-likeness (QED) is 0.574. The summed E-state index contributed by atoms with van der Waals surface area (Å²) in [5.74, 6) is 0. The van der Waals surface area contributed by atoms with E-state index in [2.05, 4.69) is 33.8 Å². The molecule has 0 aliphatic heterocycles. The molecule has 0 saturated carbocycles. The van der Waals surface area contributed by atoms with E-state index in [1.54, 1.807) is 0 Å². The zero-order valence-corrected chi connectivity index (χ0v) is 12.3. The van der Waals surface area contributed by atoms with Crippen molar-refractivity contribution in [2.45, 2.75) is 60.8 Å². The van der Waals surface area contributed by atoms with Gasteiger partial charge in [-0.15, -0.1) is 0 Å². The Balaban J connectivity index is 0. The zero-order valence-electron chi connectivity index (χ0n) is 12.3. The van der Waals surface area contributed by atoms with E-state index in [9.17, 15) is 0 Å². The molecule has 16 heavy (non-hydrogen) atoms. The van der Waals surface area contributed by atoms with Crippen LogP contribution < -0.4 is 5.46 Å². The van der Waals surface area contributed by atoms with Gasteiger partial charge in [0.15, 0.2) is 0 Å². The first-order chi connectivity index (χ1) is 7.39. The van der Waals surface area contributed by atoms with Crippen molar-refractivity contribution >= 4 is 13.3 Å². The molecule has 1 rings (SSSR count). The summed E-state index contributed by atoms with van der Waals surface area (Å²) in [6, 6.07) is 6.23. The van der Waals surface area contributed by atoms with Crippen molar-refractivity contribution < 1.29 is 0 Å². The predicted molar refractivity (Wildman–Crippen MR) is 78.0 cm³/mol. The van der Waals surface area contributed by atoms with E-state index in [1.807, 2.05) is 39.8 Å². The molecule has 0 saturated heterocycles. The zero-order chi connectivity index (χ0) is 13.4. The molecule has 0 aromatic heterocycles. The highest BCUT2D eigenvalue weighted by molar-refractivity contribution is 6.32. The average Bonchev–Trinajstić information content (AvgIpc) is 2.21. The Labute approximate surface area is 104 Å². The van der Waals surface area contributed by atoms with Gasteiger partial charge in [0.25, 0.3) is 0 Å². The topological polar surface area (TPSA) is 0 Å². The third-order valence-electron chi connectivity index (χ3n) is 1.97. The van der Waals surface area contributed by atoms with E-state index < -0.39 is 0 Å². The molecule has 2 radical (unpaired) electrons. The van der Waals surface area contributed by atoms with Crippen molar-refractivity contribution in [2.24, 2.45) is 0 Å². The fraction of sp³-hybridized carbons (Fsp3) is 0.600. The van der Waals surface area contributed by atoms with E-state index in [1.165, 1.54) is 11.1 Å². The van der Waals surface area contributed by atoms with Gasteiger partial charge in [0, 0.05) is 0 Å². The van der Waals surface area contributed by atoms with E-state index in [0.717, 1.165) is 5.46 Å². The summed E-state index contributed by atoms with van der Waals surface area (Å²) in [5, 5.41) is 0. The molecule has 1 heteroatoms. The number of hydrogen-bond donors (Lipinski definition) is 0. The third-order valence-corrected chi connectivity index (χ3v) is 1.97. The second-order valence-corrected chi connectivity index (χ2v) is 4.38. The number of hydrogen-bond acceptors (Lipinski definition) is 0. The van der Waals surface area contributed by atoms with Gasteiger partial charge in [0.1, 0.15) is 7.85 Å². The maximum absolute atomic E-state index is 5.76. The first-order valence-corrected chi connectivity index (χ1v) is 6.27. The summed E-state index contributed by atoms with van der Waals surface area (Å²) in [5.41, 5.74) is 3.60. The Morgan fingerprint density at radius 3 is 1.62 bits per heavy atom. The van der Waals surface area contributed by atoms with Crippen LogP contribution in [0.3, 0.4) is 0 Å². The molecule has 1 aromatic rings. The van der Waals surface area contributed by atoms with Crippen LogP contribution in [-0.4, -0.2) is 7.85 Å². The second-order valence-electron chi connectivity index (χ2n) is 4.38. The highest BCUT2D eigenvalue weighted by atomic mass is 14.2. The van der Waals surface area contributed by atoms with E-state index in [4.69, 9.17) is 7.85 Å². The summed E-state index contributed by atoms with van der Waals surface area (Å²) in [4.78, 5) is 0. The summed E-state index contributed by atoms with van der Waals surface area (Å²) in [6.45, 7) is 16.7. The van der Waals surface area contributed by atoms with Gasteiger partial charge in [-0.3, -0.25) is 0 Å². The predicted octanol–water partition coefficient (Wildman–Crippen LogP) is 4.14. The fourth-order valence-corrected chi connectivity index (χ4v) is 1.25. The van der Waals surface area contributed by atoms with Crippen molar-refractivity contribution in [3.8, 4) is 0 Å². The SMILES string of the molecule is CC.CC.[B]c1cc(C)cc(C(C)(C)C)c1. The van der Waals surface area contributed by atoms with Gasteiger partial charge in [0.2, 0.25) is 0 Å². The average molecular weight is 218 g/mol. The van der Waals surface area contributed by atoms with Crippen LogP contribution in [0.1, 0.15) is 59.6 Å². The minimum Gasteiger partial charge on any atom is -0.0961 e. The van der Waals surface area contributed by atoms with Crippen LogP contribution >= 0.6 is 0 Å². The van der Waals surface area contributed by atoms with Gasteiger partial charge < -0.3 is 0 Å². The summed E-state index contributed by atoms with van der Waals surface area (Å²) < 4.78 is 0. The van der Waals surface area contributed by atoms with Crippen LogP contribution in [0.5, 0.6) is 0 Å². The Hall–Kier alpha value is -0.715. The molecular weight excluding hydrogens is 191 g/mol. The molecule has 0 spiro atoms. The summed E-state index contributed by atoms with van der Waals surface area (Å²) in [7, 11) is 5.76.